The molecule has 1 aliphatic heterocycles. The zero-order valence-corrected chi connectivity index (χ0v) is 11.8. The van der Waals surface area contributed by atoms with E-state index in [2.05, 4.69) is 5.32 Å². The molecule has 0 spiro atoms. The van der Waals surface area contributed by atoms with E-state index < -0.39 is 6.04 Å². The van der Waals surface area contributed by atoms with Crippen LogP contribution in [0.4, 0.5) is 5.69 Å². The molecule has 3 N–H and O–H groups in total. The average molecular weight is 286 g/mol. The van der Waals surface area contributed by atoms with Gasteiger partial charge in [-0.2, -0.15) is 0 Å². The fourth-order valence-electron chi connectivity index (χ4n) is 1.87. The van der Waals surface area contributed by atoms with E-state index in [0.29, 0.717) is 12.1 Å². The van der Waals surface area contributed by atoms with Crippen molar-refractivity contribution in [2.45, 2.75) is 25.5 Å². The second-order valence-corrected chi connectivity index (χ2v) is 4.84. The molecule has 5 heteroatoms. The number of rotatable bonds is 4. The lowest BCUT2D eigenvalue weighted by molar-refractivity contribution is -0.141. The smallest absolute Gasteiger partial charge is 0.331 e. The van der Waals surface area contributed by atoms with Crippen LogP contribution in [0.15, 0.2) is 42.5 Å². The average Bonchev–Trinajstić information content (AvgIpc) is 2.46. The molecule has 0 aliphatic carbocycles. The minimum absolute atomic E-state index is 0.247. The Kier molecular flexibility index (Phi) is 4.90. The van der Waals surface area contributed by atoms with Crippen LogP contribution in [-0.2, 0) is 14.3 Å². The molecule has 2 rings (SSSR count). The van der Waals surface area contributed by atoms with E-state index in [1.165, 1.54) is 6.08 Å². The minimum Gasteiger partial charge on any atom is -0.455 e. The number of carbonyl (C=O) groups excluding carboxylic acids is 2. The van der Waals surface area contributed by atoms with E-state index in [-0.39, 0.29) is 18.0 Å². The van der Waals surface area contributed by atoms with E-state index in [1.807, 2.05) is 24.3 Å². The van der Waals surface area contributed by atoms with Gasteiger partial charge in [-0.3, -0.25) is 4.79 Å². The lowest BCUT2D eigenvalue weighted by atomic mass is 10.1. The molecule has 0 fully saturated rings. The first-order chi connectivity index (χ1) is 10.1. The number of carbonyl (C=O) groups is 2. The molecule has 0 radical (unpaired) electrons. The maximum Gasteiger partial charge on any atom is 0.331 e. The summed E-state index contributed by atoms with van der Waals surface area (Å²) < 4.78 is 5.15. The quantitative estimate of drug-likeness (QED) is 0.828. The van der Waals surface area contributed by atoms with Crippen LogP contribution >= 0.6 is 0 Å². The third kappa shape index (κ3) is 4.29. The Balaban J connectivity index is 2.11. The van der Waals surface area contributed by atoms with Crippen LogP contribution in [0.3, 0.4) is 0 Å². The summed E-state index contributed by atoms with van der Waals surface area (Å²) in [6.07, 6.45) is 7.20. The predicted molar refractivity (Wildman–Crippen MR) is 81.4 cm³/mol. The molecule has 0 saturated heterocycles. The van der Waals surface area contributed by atoms with Gasteiger partial charge in [0.2, 0.25) is 5.91 Å². The maximum absolute atomic E-state index is 11.7. The van der Waals surface area contributed by atoms with Crippen molar-refractivity contribution in [3.05, 3.63) is 48.1 Å². The molecule has 5 nitrogen and oxygen atoms in total. The Morgan fingerprint density at radius 2 is 2.24 bits per heavy atom. The number of hydrogen-bond donors (Lipinski definition) is 2. The molecule has 110 valence electrons. The molecule has 21 heavy (non-hydrogen) atoms. The standard InChI is InChI=1S/C16H18N2O3/c1-11(17)16(20)18-14-7-3-2-5-12(14)9-10-13-6-4-8-15(19)21-13/h2-5,7-11,13H,6,17H2,1H3,(H,18,20)/b10-9+/t11-,13+/m0/s1. The van der Waals surface area contributed by atoms with Gasteiger partial charge in [-0.05, 0) is 24.6 Å². The third-order valence-corrected chi connectivity index (χ3v) is 3.01. The number of ether oxygens (including phenoxy) is 1. The van der Waals surface area contributed by atoms with Crippen molar-refractivity contribution in [3.63, 3.8) is 0 Å². The second-order valence-electron chi connectivity index (χ2n) is 4.84. The molecule has 2 atom stereocenters. The van der Waals surface area contributed by atoms with Crippen molar-refractivity contribution in [1.29, 1.82) is 0 Å². The highest BCUT2D eigenvalue weighted by Crippen LogP contribution is 2.18. The maximum atomic E-state index is 11.7. The first-order valence-corrected chi connectivity index (χ1v) is 6.77. The number of esters is 1. The summed E-state index contributed by atoms with van der Waals surface area (Å²) in [6.45, 7) is 1.63. The van der Waals surface area contributed by atoms with Gasteiger partial charge in [0.25, 0.3) is 0 Å². The van der Waals surface area contributed by atoms with Gasteiger partial charge < -0.3 is 15.8 Å². The Morgan fingerprint density at radius 1 is 1.48 bits per heavy atom. The molecule has 1 aliphatic rings. The topological polar surface area (TPSA) is 81.4 Å². The molecule has 1 heterocycles. The molecule has 0 saturated carbocycles. The van der Waals surface area contributed by atoms with E-state index in [4.69, 9.17) is 10.5 Å². The summed E-state index contributed by atoms with van der Waals surface area (Å²) in [4.78, 5) is 22.8. The number of amides is 1. The molecule has 1 amide bonds. The lowest BCUT2D eigenvalue weighted by Crippen LogP contribution is -2.32. The number of anilines is 1. The summed E-state index contributed by atoms with van der Waals surface area (Å²) in [7, 11) is 0. The van der Waals surface area contributed by atoms with Crippen molar-refractivity contribution in [1.82, 2.24) is 0 Å². The first kappa shape index (κ1) is 15.0. The van der Waals surface area contributed by atoms with Crippen LogP contribution in [-0.4, -0.2) is 24.0 Å². The highest BCUT2D eigenvalue weighted by molar-refractivity contribution is 5.96. The highest BCUT2D eigenvalue weighted by Gasteiger charge is 2.13. The van der Waals surface area contributed by atoms with Gasteiger partial charge in [0, 0.05) is 18.2 Å². The van der Waals surface area contributed by atoms with Crippen molar-refractivity contribution >= 4 is 23.6 Å². The van der Waals surface area contributed by atoms with Crippen LogP contribution in [0.1, 0.15) is 18.9 Å². The van der Waals surface area contributed by atoms with Crippen molar-refractivity contribution in [2.24, 2.45) is 5.73 Å². The number of nitrogens with one attached hydrogen (secondary N) is 1. The fraction of sp³-hybridized carbons (Fsp3) is 0.250. The largest absolute Gasteiger partial charge is 0.455 e. The van der Waals surface area contributed by atoms with Gasteiger partial charge >= 0.3 is 5.97 Å². The third-order valence-electron chi connectivity index (χ3n) is 3.01. The second kappa shape index (κ2) is 6.85. The first-order valence-electron chi connectivity index (χ1n) is 6.77. The SMILES string of the molecule is C[C@H](N)C(=O)Nc1ccccc1/C=C/[C@H]1CC=CC(=O)O1. The number of nitrogens with two attached hydrogens (primary N) is 1. The van der Waals surface area contributed by atoms with Gasteiger partial charge in [-0.15, -0.1) is 0 Å². The number of cyclic esters (lactones) is 1. The zero-order chi connectivity index (χ0) is 15.2. The van der Waals surface area contributed by atoms with Crippen molar-refractivity contribution in [2.75, 3.05) is 5.32 Å². The van der Waals surface area contributed by atoms with E-state index in [0.717, 1.165) is 5.56 Å². The Bertz CT molecular complexity index is 591. The molecule has 0 bridgehead atoms. The summed E-state index contributed by atoms with van der Waals surface area (Å²) >= 11 is 0. The van der Waals surface area contributed by atoms with Gasteiger partial charge in [-0.25, -0.2) is 4.79 Å². The van der Waals surface area contributed by atoms with Gasteiger partial charge in [-0.1, -0.05) is 30.4 Å². The minimum atomic E-state index is -0.577. The van der Waals surface area contributed by atoms with E-state index >= 15 is 0 Å². The molecule has 0 unspecified atom stereocenters. The van der Waals surface area contributed by atoms with Crippen LogP contribution in [0.25, 0.3) is 6.08 Å². The molecule has 0 aromatic heterocycles. The number of para-hydroxylation sites is 1. The van der Waals surface area contributed by atoms with Crippen molar-refractivity contribution in [3.8, 4) is 0 Å². The molecule has 1 aromatic carbocycles. The summed E-state index contributed by atoms with van der Waals surface area (Å²) in [5.41, 5.74) is 7.05. The Hall–Kier alpha value is -2.40. The molecular weight excluding hydrogens is 268 g/mol. The van der Waals surface area contributed by atoms with Crippen LogP contribution in [0, 0.1) is 0 Å². The summed E-state index contributed by atoms with van der Waals surface area (Å²) in [5.74, 6) is -0.586. The monoisotopic (exact) mass is 286 g/mol. The number of hydrogen-bond acceptors (Lipinski definition) is 4. The normalized spacial score (nSPS) is 19.3. The van der Waals surface area contributed by atoms with Gasteiger partial charge in [0.15, 0.2) is 0 Å². The molecular formula is C16H18N2O3. The van der Waals surface area contributed by atoms with Gasteiger partial charge in [0.05, 0.1) is 6.04 Å². The van der Waals surface area contributed by atoms with E-state index in [9.17, 15) is 9.59 Å². The Labute approximate surface area is 123 Å². The number of benzene rings is 1. The summed E-state index contributed by atoms with van der Waals surface area (Å²) in [5, 5.41) is 2.77. The van der Waals surface area contributed by atoms with Crippen LogP contribution in [0.5, 0.6) is 0 Å². The fourth-order valence-corrected chi connectivity index (χ4v) is 1.87. The highest BCUT2D eigenvalue weighted by atomic mass is 16.5. The van der Waals surface area contributed by atoms with Crippen LogP contribution < -0.4 is 11.1 Å². The van der Waals surface area contributed by atoms with Crippen molar-refractivity contribution < 1.29 is 14.3 Å². The zero-order valence-electron chi connectivity index (χ0n) is 11.8. The predicted octanol–water partition coefficient (Wildman–Crippen LogP) is 1.86. The lowest BCUT2D eigenvalue weighted by Gasteiger charge is -2.15. The van der Waals surface area contributed by atoms with E-state index in [1.54, 1.807) is 25.1 Å². The summed E-state index contributed by atoms with van der Waals surface area (Å²) in [6, 6.07) is 6.79. The van der Waals surface area contributed by atoms with Crippen LogP contribution in [0.2, 0.25) is 0 Å². The Morgan fingerprint density at radius 3 is 2.95 bits per heavy atom. The van der Waals surface area contributed by atoms with Gasteiger partial charge in [0.1, 0.15) is 6.10 Å². The molecule has 1 aromatic rings.